The maximum atomic E-state index is 10.7. The Labute approximate surface area is 114 Å². The monoisotopic (exact) mass is 261 g/mol. The van der Waals surface area contributed by atoms with Gasteiger partial charge in [0.1, 0.15) is 0 Å². The third-order valence-corrected chi connectivity index (χ3v) is 4.81. The highest BCUT2D eigenvalue weighted by Crippen LogP contribution is 2.40. The van der Waals surface area contributed by atoms with Crippen LogP contribution in [0.15, 0.2) is 18.3 Å². The number of fused-ring (bicyclic) bond motifs is 1. The third kappa shape index (κ3) is 2.47. The van der Waals surface area contributed by atoms with Crippen molar-refractivity contribution in [2.45, 2.75) is 44.2 Å². The lowest BCUT2D eigenvalue weighted by Gasteiger charge is -2.48. The molecule has 4 heteroatoms. The van der Waals surface area contributed by atoms with E-state index in [1.54, 1.807) is 0 Å². The Balaban J connectivity index is 1.73. The second kappa shape index (κ2) is 5.10. The van der Waals surface area contributed by atoms with Gasteiger partial charge in [0.05, 0.1) is 23.2 Å². The number of pyridine rings is 1. The molecule has 19 heavy (non-hydrogen) atoms. The molecular weight excluding hydrogens is 238 g/mol. The lowest BCUT2D eigenvalue weighted by molar-refractivity contribution is -0.0612. The van der Waals surface area contributed by atoms with Crippen LogP contribution in [-0.4, -0.2) is 28.8 Å². The molecule has 3 rings (SSSR count). The Morgan fingerprint density at radius 2 is 2.26 bits per heavy atom. The van der Waals surface area contributed by atoms with Crippen molar-refractivity contribution in [1.82, 2.24) is 4.98 Å². The highest BCUT2D eigenvalue weighted by Gasteiger charge is 2.42. The molecule has 2 atom stereocenters. The average molecular weight is 261 g/mol. The van der Waals surface area contributed by atoms with Gasteiger partial charge in [-0.25, -0.2) is 0 Å². The molecule has 2 heterocycles. The third-order valence-electron chi connectivity index (χ3n) is 4.81. The summed E-state index contributed by atoms with van der Waals surface area (Å²) in [4.78, 5) is 6.72. The molecule has 1 aliphatic carbocycles. The topological polar surface area (TPSA) is 62.4 Å². The average Bonchev–Trinajstić information content (AvgIpc) is 2.46. The van der Waals surface area contributed by atoms with E-state index in [4.69, 9.17) is 5.73 Å². The van der Waals surface area contributed by atoms with Crippen molar-refractivity contribution in [3.05, 3.63) is 24.0 Å². The SMILES string of the molecule is NCc1ccc(N2CCC3(O)CCCCC3C2)cn1. The minimum atomic E-state index is -0.403. The Morgan fingerprint density at radius 3 is 3.00 bits per heavy atom. The molecule has 1 saturated heterocycles. The largest absolute Gasteiger partial charge is 0.389 e. The number of nitrogens with zero attached hydrogens (tertiary/aromatic N) is 2. The smallest absolute Gasteiger partial charge is 0.0709 e. The number of aliphatic hydroxyl groups is 1. The van der Waals surface area contributed by atoms with E-state index >= 15 is 0 Å². The van der Waals surface area contributed by atoms with E-state index < -0.39 is 5.60 Å². The lowest BCUT2D eigenvalue weighted by atomic mass is 9.71. The predicted octanol–water partition coefficient (Wildman–Crippen LogP) is 1.67. The molecular formula is C15H23N3O. The van der Waals surface area contributed by atoms with Gasteiger partial charge in [-0.05, 0) is 31.4 Å². The summed E-state index contributed by atoms with van der Waals surface area (Å²) < 4.78 is 0. The summed E-state index contributed by atoms with van der Waals surface area (Å²) in [5.41, 5.74) is 7.25. The zero-order chi connectivity index (χ0) is 13.3. The highest BCUT2D eigenvalue weighted by molar-refractivity contribution is 5.45. The fourth-order valence-electron chi connectivity index (χ4n) is 3.53. The Bertz CT molecular complexity index is 434. The molecule has 104 valence electrons. The van der Waals surface area contributed by atoms with Crippen molar-refractivity contribution in [3.63, 3.8) is 0 Å². The molecule has 1 aromatic heterocycles. The number of anilines is 1. The Hall–Kier alpha value is -1.13. The maximum absolute atomic E-state index is 10.7. The summed E-state index contributed by atoms with van der Waals surface area (Å²) in [5.74, 6) is 0.421. The molecule has 1 aromatic rings. The van der Waals surface area contributed by atoms with Gasteiger partial charge in [0.25, 0.3) is 0 Å². The molecule has 0 amide bonds. The van der Waals surface area contributed by atoms with Gasteiger partial charge in [-0.3, -0.25) is 4.98 Å². The Morgan fingerprint density at radius 1 is 1.37 bits per heavy atom. The second-order valence-electron chi connectivity index (χ2n) is 5.95. The van der Waals surface area contributed by atoms with Gasteiger partial charge in [0.15, 0.2) is 0 Å². The molecule has 0 spiro atoms. The minimum Gasteiger partial charge on any atom is -0.389 e. The quantitative estimate of drug-likeness (QED) is 0.850. The van der Waals surface area contributed by atoms with Crippen LogP contribution in [-0.2, 0) is 6.54 Å². The summed E-state index contributed by atoms with van der Waals surface area (Å²) in [6.45, 7) is 2.37. The van der Waals surface area contributed by atoms with Crippen molar-refractivity contribution in [2.75, 3.05) is 18.0 Å². The lowest BCUT2D eigenvalue weighted by Crippen LogP contribution is -2.53. The predicted molar refractivity (Wildman–Crippen MR) is 75.9 cm³/mol. The molecule has 2 unspecified atom stereocenters. The van der Waals surface area contributed by atoms with Crippen LogP contribution < -0.4 is 10.6 Å². The van der Waals surface area contributed by atoms with Gasteiger partial charge in [-0.1, -0.05) is 12.8 Å². The summed E-state index contributed by atoms with van der Waals surface area (Å²) in [5, 5.41) is 10.7. The number of aromatic nitrogens is 1. The van der Waals surface area contributed by atoms with Crippen molar-refractivity contribution in [3.8, 4) is 0 Å². The van der Waals surface area contributed by atoms with Crippen molar-refractivity contribution >= 4 is 5.69 Å². The van der Waals surface area contributed by atoms with Crippen molar-refractivity contribution < 1.29 is 5.11 Å². The van der Waals surface area contributed by atoms with Crippen molar-refractivity contribution in [1.29, 1.82) is 0 Å². The second-order valence-corrected chi connectivity index (χ2v) is 5.95. The van der Waals surface area contributed by atoms with E-state index in [0.29, 0.717) is 12.5 Å². The van der Waals surface area contributed by atoms with Crippen molar-refractivity contribution in [2.24, 2.45) is 11.7 Å². The summed E-state index contributed by atoms with van der Waals surface area (Å²) in [7, 11) is 0. The van der Waals surface area contributed by atoms with Crippen LogP contribution in [0.1, 0.15) is 37.8 Å². The molecule has 1 aliphatic heterocycles. The fourth-order valence-corrected chi connectivity index (χ4v) is 3.53. The van der Waals surface area contributed by atoms with Gasteiger partial charge < -0.3 is 15.7 Å². The molecule has 1 saturated carbocycles. The molecule has 4 nitrogen and oxygen atoms in total. The number of nitrogens with two attached hydrogens (primary N) is 1. The molecule has 0 bridgehead atoms. The van der Waals surface area contributed by atoms with Crippen LogP contribution in [0.2, 0.25) is 0 Å². The van der Waals surface area contributed by atoms with Gasteiger partial charge in [-0.15, -0.1) is 0 Å². The summed E-state index contributed by atoms with van der Waals surface area (Å²) >= 11 is 0. The van der Waals surface area contributed by atoms with Gasteiger partial charge in [0, 0.05) is 25.6 Å². The van der Waals surface area contributed by atoms with Gasteiger partial charge in [0.2, 0.25) is 0 Å². The number of piperidine rings is 1. The molecule has 2 fully saturated rings. The Kier molecular flexibility index (Phi) is 3.46. The van der Waals surface area contributed by atoms with E-state index in [9.17, 15) is 5.11 Å². The number of rotatable bonds is 2. The van der Waals surface area contributed by atoms with E-state index in [1.165, 1.54) is 12.8 Å². The molecule has 0 radical (unpaired) electrons. The van der Waals surface area contributed by atoms with Gasteiger partial charge in [-0.2, -0.15) is 0 Å². The zero-order valence-electron chi connectivity index (χ0n) is 11.4. The first-order valence-corrected chi connectivity index (χ1v) is 7.33. The number of hydrogen-bond donors (Lipinski definition) is 2. The summed E-state index contributed by atoms with van der Waals surface area (Å²) in [6.07, 6.45) is 7.37. The standard InChI is InChI=1S/C15H23N3O/c16-9-13-4-5-14(10-17-13)18-8-7-15(19)6-2-1-3-12(15)11-18/h4-5,10,12,19H,1-3,6-9,11,16H2. The maximum Gasteiger partial charge on any atom is 0.0709 e. The zero-order valence-corrected chi connectivity index (χ0v) is 11.4. The first kappa shape index (κ1) is 12.9. The van der Waals surface area contributed by atoms with Crippen LogP contribution in [0.3, 0.4) is 0 Å². The molecule has 3 N–H and O–H groups in total. The van der Waals surface area contributed by atoms with E-state index in [-0.39, 0.29) is 0 Å². The molecule has 2 aliphatic rings. The van der Waals surface area contributed by atoms with Crippen LogP contribution in [0.25, 0.3) is 0 Å². The fraction of sp³-hybridized carbons (Fsp3) is 0.667. The van der Waals surface area contributed by atoms with E-state index in [2.05, 4.69) is 16.0 Å². The van der Waals surface area contributed by atoms with E-state index in [1.807, 2.05) is 12.3 Å². The summed E-state index contributed by atoms with van der Waals surface area (Å²) in [6, 6.07) is 4.10. The highest BCUT2D eigenvalue weighted by atomic mass is 16.3. The van der Waals surface area contributed by atoms with Gasteiger partial charge >= 0.3 is 0 Å². The minimum absolute atomic E-state index is 0.403. The molecule has 0 aromatic carbocycles. The first-order chi connectivity index (χ1) is 9.21. The van der Waals surface area contributed by atoms with Crippen LogP contribution in [0.4, 0.5) is 5.69 Å². The normalized spacial score (nSPS) is 31.1. The first-order valence-electron chi connectivity index (χ1n) is 7.33. The van der Waals surface area contributed by atoms with Crippen LogP contribution in [0, 0.1) is 5.92 Å². The van der Waals surface area contributed by atoms with Crippen LogP contribution >= 0.6 is 0 Å². The van der Waals surface area contributed by atoms with E-state index in [0.717, 1.165) is 43.7 Å². The van der Waals surface area contributed by atoms with Crippen LogP contribution in [0.5, 0.6) is 0 Å². The number of hydrogen-bond acceptors (Lipinski definition) is 4.